The first-order valence-electron chi connectivity index (χ1n) is 7.17. The van der Waals surface area contributed by atoms with Crippen LogP contribution in [0.2, 0.25) is 0 Å². The van der Waals surface area contributed by atoms with E-state index in [-0.39, 0.29) is 0 Å². The molecule has 2 aromatic carbocycles. The Morgan fingerprint density at radius 3 is 2.25 bits per heavy atom. The Hall–Kier alpha value is -2.09. The average molecular weight is 267 g/mol. The van der Waals surface area contributed by atoms with Gasteiger partial charge in [0.05, 0.1) is 12.3 Å². The maximum absolute atomic E-state index is 5.42. The highest BCUT2D eigenvalue weighted by atomic mass is 16.5. The van der Waals surface area contributed by atoms with Crippen LogP contribution in [0.1, 0.15) is 31.4 Å². The lowest BCUT2D eigenvalue weighted by Crippen LogP contribution is -1.91. The van der Waals surface area contributed by atoms with Gasteiger partial charge in [-0.1, -0.05) is 25.5 Å². The normalized spacial score (nSPS) is 10.9. The Morgan fingerprint density at radius 1 is 0.950 bits per heavy atom. The SMILES string of the molecule is CCCc1ccc(N=Cc2ccc(OCC)cc2)cc1. The summed E-state index contributed by atoms with van der Waals surface area (Å²) >= 11 is 0. The van der Waals surface area contributed by atoms with Crippen molar-refractivity contribution in [3.63, 3.8) is 0 Å². The van der Waals surface area contributed by atoms with E-state index >= 15 is 0 Å². The first-order chi connectivity index (χ1) is 9.81. The van der Waals surface area contributed by atoms with Gasteiger partial charge in [-0.25, -0.2) is 0 Å². The molecule has 0 spiro atoms. The minimum atomic E-state index is 0.692. The van der Waals surface area contributed by atoms with Crippen molar-refractivity contribution in [2.45, 2.75) is 26.7 Å². The van der Waals surface area contributed by atoms with Crippen molar-refractivity contribution >= 4 is 11.9 Å². The van der Waals surface area contributed by atoms with Crippen molar-refractivity contribution in [2.75, 3.05) is 6.61 Å². The molecule has 0 aromatic heterocycles. The Bertz CT molecular complexity index is 489. The van der Waals surface area contributed by atoms with Crippen LogP contribution in [0.3, 0.4) is 0 Å². The van der Waals surface area contributed by atoms with Crippen LogP contribution in [0.5, 0.6) is 5.75 Å². The fraction of sp³-hybridized carbons (Fsp3) is 0.278. The summed E-state index contributed by atoms with van der Waals surface area (Å²) in [6.07, 6.45) is 4.18. The highest BCUT2D eigenvalue weighted by Gasteiger charge is 1.94. The lowest BCUT2D eigenvalue weighted by Gasteiger charge is -2.02. The van der Waals surface area contributed by atoms with E-state index in [4.69, 9.17) is 4.74 Å². The molecular weight excluding hydrogens is 246 g/mol. The second kappa shape index (κ2) is 7.49. The van der Waals surface area contributed by atoms with E-state index in [0.29, 0.717) is 6.61 Å². The summed E-state index contributed by atoms with van der Waals surface area (Å²) < 4.78 is 5.42. The molecule has 0 atom stereocenters. The number of aryl methyl sites for hydroxylation is 1. The second-order valence-electron chi connectivity index (χ2n) is 4.68. The third-order valence-electron chi connectivity index (χ3n) is 3.03. The van der Waals surface area contributed by atoms with Crippen molar-refractivity contribution in [3.05, 3.63) is 59.7 Å². The van der Waals surface area contributed by atoms with Gasteiger partial charge in [0.25, 0.3) is 0 Å². The molecule has 0 heterocycles. The molecule has 0 fully saturated rings. The van der Waals surface area contributed by atoms with Crippen molar-refractivity contribution in [3.8, 4) is 5.75 Å². The lowest BCUT2D eigenvalue weighted by atomic mass is 10.1. The molecule has 20 heavy (non-hydrogen) atoms. The van der Waals surface area contributed by atoms with Crippen LogP contribution in [-0.2, 0) is 6.42 Å². The van der Waals surface area contributed by atoms with E-state index < -0.39 is 0 Å². The Kier molecular flexibility index (Phi) is 5.36. The van der Waals surface area contributed by atoms with Crippen LogP contribution >= 0.6 is 0 Å². The predicted octanol–water partition coefficient (Wildman–Crippen LogP) is 4.79. The number of rotatable bonds is 6. The van der Waals surface area contributed by atoms with Gasteiger partial charge in [-0.2, -0.15) is 0 Å². The molecule has 0 aliphatic carbocycles. The number of ether oxygens (including phenoxy) is 1. The van der Waals surface area contributed by atoms with E-state index in [1.807, 2.05) is 37.4 Å². The molecule has 0 unspecified atom stereocenters. The molecule has 2 nitrogen and oxygen atoms in total. The van der Waals surface area contributed by atoms with E-state index in [9.17, 15) is 0 Å². The Morgan fingerprint density at radius 2 is 1.65 bits per heavy atom. The predicted molar refractivity (Wildman–Crippen MR) is 85.3 cm³/mol. The number of hydrogen-bond acceptors (Lipinski definition) is 2. The molecule has 104 valence electrons. The smallest absolute Gasteiger partial charge is 0.119 e. The molecule has 0 N–H and O–H groups in total. The van der Waals surface area contributed by atoms with Gasteiger partial charge in [0, 0.05) is 6.21 Å². The van der Waals surface area contributed by atoms with E-state index in [0.717, 1.165) is 23.4 Å². The van der Waals surface area contributed by atoms with Gasteiger partial charge < -0.3 is 4.74 Å². The molecule has 0 amide bonds. The number of aliphatic imine (C=N–C) groups is 1. The maximum atomic E-state index is 5.42. The zero-order valence-electron chi connectivity index (χ0n) is 12.2. The zero-order chi connectivity index (χ0) is 14.2. The standard InChI is InChI=1S/C18H21NO/c1-3-5-15-6-10-17(11-7-15)19-14-16-8-12-18(13-9-16)20-4-2/h6-14H,3-5H2,1-2H3. The molecule has 2 heteroatoms. The fourth-order valence-electron chi connectivity index (χ4n) is 2.00. The summed E-state index contributed by atoms with van der Waals surface area (Å²) in [6.45, 7) is 4.87. The third kappa shape index (κ3) is 4.23. The average Bonchev–Trinajstić information content (AvgIpc) is 2.49. The van der Waals surface area contributed by atoms with Gasteiger partial charge >= 0.3 is 0 Å². The van der Waals surface area contributed by atoms with E-state index in [1.54, 1.807) is 0 Å². The Labute approximate surface area is 121 Å². The number of hydrogen-bond donors (Lipinski definition) is 0. The van der Waals surface area contributed by atoms with Gasteiger partial charge in [0.1, 0.15) is 5.75 Å². The van der Waals surface area contributed by atoms with Gasteiger partial charge in [0.2, 0.25) is 0 Å². The van der Waals surface area contributed by atoms with Crippen LogP contribution < -0.4 is 4.74 Å². The third-order valence-corrected chi connectivity index (χ3v) is 3.03. The summed E-state index contributed by atoms with van der Waals surface area (Å²) in [5, 5.41) is 0. The zero-order valence-corrected chi connectivity index (χ0v) is 12.2. The van der Waals surface area contributed by atoms with Crippen LogP contribution in [0, 0.1) is 0 Å². The first kappa shape index (κ1) is 14.3. The number of benzene rings is 2. The highest BCUT2D eigenvalue weighted by Crippen LogP contribution is 2.15. The quantitative estimate of drug-likeness (QED) is 0.690. The molecule has 2 aromatic rings. The van der Waals surface area contributed by atoms with E-state index in [1.165, 1.54) is 12.0 Å². The van der Waals surface area contributed by atoms with E-state index in [2.05, 4.69) is 36.2 Å². The molecule has 0 bridgehead atoms. The topological polar surface area (TPSA) is 21.6 Å². The summed E-state index contributed by atoms with van der Waals surface area (Å²) in [7, 11) is 0. The summed E-state index contributed by atoms with van der Waals surface area (Å²) in [5.41, 5.74) is 3.43. The van der Waals surface area contributed by atoms with Crippen LogP contribution in [0.4, 0.5) is 5.69 Å². The Balaban J connectivity index is 2.01. The minimum absolute atomic E-state index is 0.692. The minimum Gasteiger partial charge on any atom is -0.494 e. The largest absolute Gasteiger partial charge is 0.494 e. The van der Waals surface area contributed by atoms with Crippen molar-refractivity contribution in [2.24, 2.45) is 4.99 Å². The molecule has 0 saturated heterocycles. The van der Waals surface area contributed by atoms with Crippen LogP contribution in [0.25, 0.3) is 0 Å². The maximum Gasteiger partial charge on any atom is 0.119 e. The summed E-state index contributed by atoms with van der Waals surface area (Å²) in [5.74, 6) is 0.897. The van der Waals surface area contributed by atoms with Crippen molar-refractivity contribution < 1.29 is 4.74 Å². The molecule has 0 aliphatic rings. The fourth-order valence-corrected chi connectivity index (χ4v) is 2.00. The summed E-state index contributed by atoms with van der Waals surface area (Å²) in [6, 6.07) is 16.4. The van der Waals surface area contributed by atoms with Crippen molar-refractivity contribution in [1.82, 2.24) is 0 Å². The molecule has 0 aliphatic heterocycles. The van der Waals surface area contributed by atoms with Crippen LogP contribution in [0.15, 0.2) is 53.5 Å². The molecular formula is C18H21NO. The van der Waals surface area contributed by atoms with Gasteiger partial charge in [-0.05, 0) is 60.9 Å². The van der Waals surface area contributed by atoms with Crippen molar-refractivity contribution in [1.29, 1.82) is 0 Å². The van der Waals surface area contributed by atoms with Gasteiger partial charge in [-0.3, -0.25) is 4.99 Å². The molecule has 0 radical (unpaired) electrons. The monoisotopic (exact) mass is 267 g/mol. The van der Waals surface area contributed by atoms with Gasteiger partial charge in [0.15, 0.2) is 0 Å². The molecule has 2 rings (SSSR count). The second-order valence-corrected chi connectivity index (χ2v) is 4.68. The lowest BCUT2D eigenvalue weighted by molar-refractivity contribution is 0.340. The first-order valence-corrected chi connectivity index (χ1v) is 7.17. The van der Waals surface area contributed by atoms with Crippen LogP contribution in [-0.4, -0.2) is 12.8 Å². The number of nitrogens with zero attached hydrogens (tertiary/aromatic N) is 1. The summed E-state index contributed by atoms with van der Waals surface area (Å²) in [4.78, 5) is 4.49. The highest BCUT2D eigenvalue weighted by molar-refractivity contribution is 5.82. The van der Waals surface area contributed by atoms with Gasteiger partial charge in [-0.15, -0.1) is 0 Å². The molecule has 0 saturated carbocycles.